The predicted octanol–water partition coefficient (Wildman–Crippen LogP) is 3.16. The lowest BCUT2D eigenvalue weighted by Gasteiger charge is -2.07. The molecule has 0 N–H and O–H groups in total. The third kappa shape index (κ3) is 2.50. The van der Waals surface area contributed by atoms with Crippen molar-refractivity contribution in [1.82, 2.24) is 9.13 Å². The van der Waals surface area contributed by atoms with Crippen molar-refractivity contribution in [2.24, 2.45) is 0 Å². The van der Waals surface area contributed by atoms with E-state index in [9.17, 15) is 4.79 Å². The average Bonchev–Trinajstić information content (AvgIpc) is 3.17. The highest BCUT2D eigenvalue weighted by molar-refractivity contribution is 5.24. The third-order valence-corrected chi connectivity index (χ3v) is 3.81. The second-order valence-corrected chi connectivity index (χ2v) is 5.74. The summed E-state index contributed by atoms with van der Waals surface area (Å²) in [7, 11) is 0. The SMILES string of the molecule is CC(C)c1ccc(Cn2ccn(C3CC3)c2=O)cc1. The highest BCUT2D eigenvalue weighted by atomic mass is 16.1. The number of aromatic nitrogens is 2. The van der Waals surface area contributed by atoms with Crippen LogP contribution in [0.25, 0.3) is 0 Å². The van der Waals surface area contributed by atoms with Gasteiger partial charge in [-0.05, 0) is 29.9 Å². The molecule has 0 spiro atoms. The molecule has 1 saturated carbocycles. The second-order valence-electron chi connectivity index (χ2n) is 5.74. The van der Waals surface area contributed by atoms with Crippen molar-refractivity contribution in [3.8, 4) is 0 Å². The van der Waals surface area contributed by atoms with E-state index in [0.29, 0.717) is 18.5 Å². The molecule has 0 atom stereocenters. The maximum atomic E-state index is 12.2. The van der Waals surface area contributed by atoms with Crippen LogP contribution < -0.4 is 5.69 Å². The Labute approximate surface area is 113 Å². The van der Waals surface area contributed by atoms with Gasteiger partial charge in [0.05, 0.1) is 6.54 Å². The Morgan fingerprint density at radius 1 is 1.16 bits per heavy atom. The monoisotopic (exact) mass is 256 g/mol. The molecule has 19 heavy (non-hydrogen) atoms. The Morgan fingerprint density at radius 3 is 2.42 bits per heavy atom. The predicted molar refractivity (Wildman–Crippen MR) is 76.6 cm³/mol. The standard InChI is InChI=1S/C16H20N2O/c1-12(2)14-5-3-13(4-6-14)11-17-9-10-18(16(17)19)15-7-8-15/h3-6,9-10,12,15H,7-8,11H2,1-2H3. The molecule has 3 heteroatoms. The van der Waals surface area contributed by atoms with E-state index in [1.54, 1.807) is 4.57 Å². The summed E-state index contributed by atoms with van der Waals surface area (Å²) < 4.78 is 3.66. The lowest BCUT2D eigenvalue weighted by molar-refractivity contribution is 0.656. The molecule has 0 saturated heterocycles. The van der Waals surface area contributed by atoms with Crippen LogP contribution in [0.4, 0.5) is 0 Å². The Bertz CT molecular complexity index is 615. The molecule has 3 nitrogen and oxygen atoms in total. The largest absolute Gasteiger partial charge is 0.328 e. The third-order valence-electron chi connectivity index (χ3n) is 3.81. The van der Waals surface area contributed by atoms with Crippen LogP contribution in [0.15, 0.2) is 41.5 Å². The molecule has 1 aliphatic carbocycles. The fourth-order valence-corrected chi connectivity index (χ4v) is 2.38. The summed E-state index contributed by atoms with van der Waals surface area (Å²) in [4.78, 5) is 12.2. The van der Waals surface area contributed by atoms with E-state index in [4.69, 9.17) is 0 Å². The number of hydrogen-bond acceptors (Lipinski definition) is 1. The van der Waals surface area contributed by atoms with Crippen molar-refractivity contribution >= 4 is 0 Å². The smallest absolute Gasteiger partial charge is 0.296 e. The molecule has 0 radical (unpaired) electrons. The van der Waals surface area contributed by atoms with Gasteiger partial charge in [-0.1, -0.05) is 38.1 Å². The molecule has 1 aromatic heterocycles. The van der Waals surface area contributed by atoms with Crippen LogP contribution in [0.3, 0.4) is 0 Å². The van der Waals surface area contributed by atoms with Crippen LogP contribution in [0.2, 0.25) is 0 Å². The van der Waals surface area contributed by atoms with Crippen LogP contribution in [-0.4, -0.2) is 9.13 Å². The number of rotatable bonds is 4. The maximum absolute atomic E-state index is 12.2. The number of nitrogens with zero attached hydrogens (tertiary/aromatic N) is 2. The average molecular weight is 256 g/mol. The summed E-state index contributed by atoms with van der Waals surface area (Å²) in [6.07, 6.45) is 6.11. The van der Waals surface area contributed by atoms with Gasteiger partial charge in [0.1, 0.15) is 0 Å². The van der Waals surface area contributed by atoms with Gasteiger partial charge in [-0.2, -0.15) is 0 Å². The van der Waals surface area contributed by atoms with Gasteiger partial charge in [0.25, 0.3) is 0 Å². The summed E-state index contributed by atoms with van der Waals surface area (Å²) in [5.41, 5.74) is 2.64. The summed E-state index contributed by atoms with van der Waals surface area (Å²) in [6.45, 7) is 5.04. The zero-order valence-electron chi connectivity index (χ0n) is 11.5. The van der Waals surface area contributed by atoms with Crippen molar-refractivity contribution in [3.63, 3.8) is 0 Å². The minimum atomic E-state index is 0.121. The van der Waals surface area contributed by atoms with Gasteiger partial charge in [0, 0.05) is 18.4 Å². The second kappa shape index (κ2) is 4.72. The minimum Gasteiger partial charge on any atom is -0.296 e. The van der Waals surface area contributed by atoms with E-state index in [-0.39, 0.29) is 5.69 Å². The zero-order valence-corrected chi connectivity index (χ0v) is 11.5. The highest BCUT2D eigenvalue weighted by Crippen LogP contribution is 2.33. The zero-order chi connectivity index (χ0) is 13.4. The lowest BCUT2D eigenvalue weighted by atomic mass is 10.0. The van der Waals surface area contributed by atoms with E-state index in [2.05, 4.69) is 38.1 Å². The molecule has 1 heterocycles. The summed E-state index contributed by atoms with van der Waals surface area (Å²) in [5.74, 6) is 0.549. The Kier molecular flexibility index (Phi) is 3.05. The topological polar surface area (TPSA) is 26.9 Å². The molecule has 1 aliphatic rings. The molecule has 0 unspecified atom stereocenters. The molecule has 0 bridgehead atoms. The fraction of sp³-hybridized carbons (Fsp3) is 0.438. The Morgan fingerprint density at radius 2 is 1.84 bits per heavy atom. The van der Waals surface area contributed by atoms with Gasteiger partial charge in [-0.25, -0.2) is 4.79 Å². The van der Waals surface area contributed by atoms with Crippen molar-refractivity contribution in [2.75, 3.05) is 0 Å². The van der Waals surface area contributed by atoms with Crippen molar-refractivity contribution < 1.29 is 0 Å². The molecule has 1 aromatic carbocycles. The highest BCUT2D eigenvalue weighted by Gasteiger charge is 2.25. The summed E-state index contributed by atoms with van der Waals surface area (Å²) in [6, 6.07) is 9.01. The van der Waals surface area contributed by atoms with Crippen LogP contribution >= 0.6 is 0 Å². The molecule has 0 aliphatic heterocycles. The van der Waals surface area contributed by atoms with Gasteiger partial charge in [-0.15, -0.1) is 0 Å². The van der Waals surface area contributed by atoms with Gasteiger partial charge >= 0.3 is 5.69 Å². The molecule has 0 amide bonds. The first kappa shape index (κ1) is 12.3. The van der Waals surface area contributed by atoms with Crippen LogP contribution in [0.1, 0.15) is 49.8 Å². The van der Waals surface area contributed by atoms with Crippen molar-refractivity contribution in [3.05, 3.63) is 58.3 Å². The van der Waals surface area contributed by atoms with Gasteiger partial charge in [0.2, 0.25) is 0 Å². The number of imidazole rings is 1. The van der Waals surface area contributed by atoms with E-state index >= 15 is 0 Å². The van der Waals surface area contributed by atoms with E-state index in [1.807, 2.05) is 17.0 Å². The fourth-order valence-electron chi connectivity index (χ4n) is 2.38. The number of hydrogen-bond donors (Lipinski definition) is 0. The van der Waals surface area contributed by atoms with E-state index in [0.717, 1.165) is 12.8 Å². The van der Waals surface area contributed by atoms with Gasteiger partial charge in [0.15, 0.2) is 0 Å². The summed E-state index contributed by atoms with van der Waals surface area (Å²) in [5, 5.41) is 0. The first-order valence-electron chi connectivity index (χ1n) is 7.01. The lowest BCUT2D eigenvalue weighted by Crippen LogP contribution is -2.23. The number of benzene rings is 1. The van der Waals surface area contributed by atoms with Crippen LogP contribution in [-0.2, 0) is 6.54 Å². The maximum Gasteiger partial charge on any atom is 0.328 e. The van der Waals surface area contributed by atoms with E-state index in [1.165, 1.54) is 11.1 Å². The first-order valence-corrected chi connectivity index (χ1v) is 7.01. The minimum absolute atomic E-state index is 0.121. The van der Waals surface area contributed by atoms with Gasteiger partial charge in [-0.3, -0.25) is 9.13 Å². The molecule has 100 valence electrons. The van der Waals surface area contributed by atoms with Crippen LogP contribution in [0, 0.1) is 0 Å². The molecule has 2 aromatic rings. The quantitative estimate of drug-likeness (QED) is 0.825. The Balaban J connectivity index is 1.79. The first-order chi connectivity index (χ1) is 9.15. The summed E-state index contributed by atoms with van der Waals surface area (Å²) >= 11 is 0. The Hall–Kier alpha value is -1.77. The molecular formula is C16H20N2O. The van der Waals surface area contributed by atoms with Crippen molar-refractivity contribution in [2.45, 2.75) is 45.2 Å². The van der Waals surface area contributed by atoms with Crippen LogP contribution in [0.5, 0.6) is 0 Å². The van der Waals surface area contributed by atoms with Gasteiger partial charge < -0.3 is 0 Å². The molecule has 3 rings (SSSR count). The molecule has 1 fully saturated rings. The van der Waals surface area contributed by atoms with Crippen molar-refractivity contribution in [1.29, 1.82) is 0 Å². The van der Waals surface area contributed by atoms with E-state index < -0.39 is 0 Å². The normalized spacial score (nSPS) is 15.1. The molecular weight excluding hydrogens is 236 g/mol.